The Morgan fingerprint density at radius 2 is 2.00 bits per heavy atom. The number of hydrogen-bond donors (Lipinski definition) is 2. The lowest BCUT2D eigenvalue weighted by Crippen LogP contribution is -2.20. The van der Waals surface area contributed by atoms with Gasteiger partial charge in [0.2, 0.25) is 11.8 Å². The van der Waals surface area contributed by atoms with E-state index in [0.717, 1.165) is 35.5 Å². The molecule has 1 fully saturated rings. The molecule has 144 valence electrons. The maximum absolute atomic E-state index is 12.6. The summed E-state index contributed by atoms with van der Waals surface area (Å²) < 4.78 is 1.94. The highest BCUT2D eigenvalue weighted by atomic mass is 32.2. The molecule has 2 aromatic heterocycles. The lowest BCUT2D eigenvalue weighted by molar-refractivity contribution is -0.117. The minimum Gasteiger partial charge on any atom is -0.323 e. The first-order valence-electron chi connectivity index (χ1n) is 9.14. The number of thioether (sulfide) groups is 1. The van der Waals surface area contributed by atoms with E-state index in [1.807, 2.05) is 35.1 Å². The van der Waals surface area contributed by atoms with Crippen LogP contribution in [0.2, 0.25) is 0 Å². The molecule has 1 aromatic carbocycles. The van der Waals surface area contributed by atoms with Gasteiger partial charge in [-0.15, -0.1) is 0 Å². The number of carbonyl (C=O) groups is 2. The van der Waals surface area contributed by atoms with Gasteiger partial charge in [-0.3, -0.25) is 9.59 Å². The van der Waals surface area contributed by atoms with E-state index in [1.54, 1.807) is 30.1 Å². The Labute approximate surface area is 166 Å². The molecular weight excluding hydrogens is 374 g/mol. The van der Waals surface area contributed by atoms with Gasteiger partial charge in [0.15, 0.2) is 0 Å². The summed E-state index contributed by atoms with van der Waals surface area (Å²) in [4.78, 5) is 33.2. The van der Waals surface area contributed by atoms with Gasteiger partial charge in [0, 0.05) is 5.92 Å². The average molecular weight is 395 g/mol. The summed E-state index contributed by atoms with van der Waals surface area (Å²) >= 11 is 1.67. The van der Waals surface area contributed by atoms with Gasteiger partial charge < -0.3 is 15.2 Å². The Morgan fingerprint density at radius 3 is 2.71 bits per heavy atom. The molecule has 0 bridgehead atoms. The third-order valence-electron chi connectivity index (χ3n) is 4.56. The summed E-state index contributed by atoms with van der Waals surface area (Å²) in [5.74, 6) is 2.10. The maximum atomic E-state index is 12.6. The molecule has 2 N–H and O–H groups in total. The summed E-state index contributed by atoms with van der Waals surface area (Å²) in [6.45, 7) is 0.177. The third-order valence-corrected chi connectivity index (χ3v) is 5.10. The number of nitrogens with zero attached hydrogens (tertiary/aromatic N) is 3. The minimum absolute atomic E-state index is 0.0117. The summed E-state index contributed by atoms with van der Waals surface area (Å²) in [5, 5.41) is 5.65. The number of carbonyl (C=O) groups excluding carboxylic acids is 2. The SMILES string of the molecule is CSCc1nc2ccccc2n1CC(=O)Nc1ccc(NC(=O)C2CC2)nc1. The van der Waals surface area contributed by atoms with Crippen LogP contribution in [0.1, 0.15) is 18.7 Å². The summed E-state index contributed by atoms with van der Waals surface area (Å²) in [5.41, 5.74) is 2.42. The standard InChI is InChI=1S/C20H21N5O2S/c1-28-12-18-23-15-4-2-3-5-16(15)25(18)11-19(26)22-14-8-9-17(21-10-14)24-20(27)13-6-7-13/h2-5,8-10,13H,6-7,11-12H2,1H3,(H,22,26)(H,21,24,27). The van der Waals surface area contributed by atoms with E-state index in [4.69, 9.17) is 0 Å². The highest BCUT2D eigenvalue weighted by Gasteiger charge is 2.29. The fourth-order valence-electron chi connectivity index (χ4n) is 3.00. The highest BCUT2D eigenvalue weighted by molar-refractivity contribution is 7.97. The predicted molar refractivity (Wildman–Crippen MR) is 111 cm³/mol. The summed E-state index contributed by atoms with van der Waals surface area (Å²) in [7, 11) is 0. The van der Waals surface area contributed by atoms with Crippen LogP contribution in [0.3, 0.4) is 0 Å². The zero-order chi connectivity index (χ0) is 19.5. The number of benzene rings is 1. The molecule has 4 rings (SSSR count). The van der Waals surface area contributed by atoms with Crippen molar-refractivity contribution in [3.8, 4) is 0 Å². The van der Waals surface area contributed by atoms with Crippen LogP contribution in [-0.2, 0) is 21.9 Å². The fourth-order valence-corrected chi connectivity index (χ4v) is 3.48. The van der Waals surface area contributed by atoms with E-state index in [1.165, 1.54) is 0 Å². The molecule has 0 saturated heterocycles. The van der Waals surface area contributed by atoms with Crippen LogP contribution in [-0.4, -0.2) is 32.6 Å². The highest BCUT2D eigenvalue weighted by Crippen LogP contribution is 2.30. The number of pyridine rings is 1. The number of imidazole rings is 1. The van der Waals surface area contributed by atoms with Crippen LogP contribution in [0.4, 0.5) is 11.5 Å². The zero-order valence-corrected chi connectivity index (χ0v) is 16.3. The first-order chi connectivity index (χ1) is 13.6. The smallest absolute Gasteiger partial charge is 0.244 e. The van der Waals surface area contributed by atoms with E-state index in [2.05, 4.69) is 20.6 Å². The van der Waals surface area contributed by atoms with Crippen LogP contribution >= 0.6 is 11.8 Å². The van der Waals surface area contributed by atoms with Crippen molar-refractivity contribution in [3.05, 3.63) is 48.4 Å². The second kappa shape index (κ2) is 8.02. The van der Waals surface area contributed by atoms with Gasteiger partial charge in [-0.1, -0.05) is 12.1 Å². The Hall–Kier alpha value is -2.87. The largest absolute Gasteiger partial charge is 0.323 e. The molecule has 3 aromatic rings. The zero-order valence-electron chi connectivity index (χ0n) is 15.5. The molecular formula is C20H21N5O2S. The molecule has 28 heavy (non-hydrogen) atoms. The third kappa shape index (κ3) is 4.17. The first-order valence-corrected chi connectivity index (χ1v) is 10.5. The molecule has 1 aliphatic carbocycles. The molecule has 0 atom stereocenters. The number of para-hydroxylation sites is 2. The number of nitrogens with one attached hydrogen (secondary N) is 2. The molecule has 8 heteroatoms. The van der Waals surface area contributed by atoms with E-state index >= 15 is 0 Å². The number of rotatable bonds is 7. The second-order valence-corrected chi connectivity index (χ2v) is 7.65. The van der Waals surface area contributed by atoms with Gasteiger partial charge in [0.25, 0.3) is 0 Å². The molecule has 0 unspecified atom stereocenters. The van der Waals surface area contributed by atoms with Gasteiger partial charge in [-0.05, 0) is 43.4 Å². The molecule has 0 aliphatic heterocycles. The average Bonchev–Trinajstić information content (AvgIpc) is 3.49. The number of aromatic nitrogens is 3. The van der Waals surface area contributed by atoms with Crippen molar-refractivity contribution in [2.45, 2.75) is 25.1 Å². The summed E-state index contributed by atoms with van der Waals surface area (Å²) in [6, 6.07) is 11.2. The molecule has 2 heterocycles. The van der Waals surface area contributed by atoms with Crippen molar-refractivity contribution in [1.29, 1.82) is 0 Å². The molecule has 7 nitrogen and oxygen atoms in total. The molecule has 1 aliphatic rings. The van der Waals surface area contributed by atoms with E-state index in [-0.39, 0.29) is 24.3 Å². The van der Waals surface area contributed by atoms with Gasteiger partial charge in [0.1, 0.15) is 18.2 Å². The van der Waals surface area contributed by atoms with Crippen molar-refractivity contribution in [2.24, 2.45) is 5.92 Å². The van der Waals surface area contributed by atoms with Crippen molar-refractivity contribution in [3.63, 3.8) is 0 Å². The van der Waals surface area contributed by atoms with Crippen molar-refractivity contribution in [2.75, 3.05) is 16.9 Å². The van der Waals surface area contributed by atoms with Crippen LogP contribution in [0.25, 0.3) is 11.0 Å². The first kappa shape index (κ1) is 18.5. The molecule has 2 amide bonds. The van der Waals surface area contributed by atoms with Crippen LogP contribution in [0.5, 0.6) is 0 Å². The van der Waals surface area contributed by atoms with E-state index < -0.39 is 0 Å². The Morgan fingerprint density at radius 1 is 1.18 bits per heavy atom. The van der Waals surface area contributed by atoms with Crippen molar-refractivity contribution >= 4 is 46.1 Å². The van der Waals surface area contributed by atoms with Gasteiger partial charge in [-0.2, -0.15) is 11.8 Å². The minimum atomic E-state index is -0.151. The molecule has 0 spiro atoms. The van der Waals surface area contributed by atoms with Crippen LogP contribution in [0, 0.1) is 5.92 Å². The van der Waals surface area contributed by atoms with Crippen LogP contribution in [0.15, 0.2) is 42.6 Å². The number of hydrogen-bond acceptors (Lipinski definition) is 5. The maximum Gasteiger partial charge on any atom is 0.244 e. The Balaban J connectivity index is 1.43. The van der Waals surface area contributed by atoms with Crippen molar-refractivity contribution in [1.82, 2.24) is 14.5 Å². The predicted octanol–water partition coefficient (Wildman–Crippen LogP) is 3.28. The topological polar surface area (TPSA) is 88.9 Å². The van der Waals surface area contributed by atoms with Gasteiger partial charge in [-0.25, -0.2) is 9.97 Å². The fraction of sp³-hybridized carbons (Fsp3) is 0.300. The second-order valence-electron chi connectivity index (χ2n) is 6.78. The number of anilines is 2. The number of amides is 2. The monoisotopic (exact) mass is 395 g/mol. The normalized spacial score (nSPS) is 13.5. The number of fused-ring (bicyclic) bond motifs is 1. The summed E-state index contributed by atoms with van der Waals surface area (Å²) in [6.07, 6.45) is 5.46. The van der Waals surface area contributed by atoms with E-state index in [0.29, 0.717) is 11.5 Å². The molecule has 1 saturated carbocycles. The van der Waals surface area contributed by atoms with Crippen LogP contribution < -0.4 is 10.6 Å². The molecule has 0 radical (unpaired) electrons. The van der Waals surface area contributed by atoms with Gasteiger partial charge in [0.05, 0.1) is 28.7 Å². The Kier molecular flexibility index (Phi) is 5.29. The Bertz CT molecular complexity index is 1010. The quantitative estimate of drug-likeness (QED) is 0.641. The van der Waals surface area contributed by atoms with Gasteiger partial charge >= 0.3 is 0 Å². The lowest BCUT2D eigenvalue weighted by atomic mass is 10.3. The van der Waals surface area contributed by atoms with E-state index in [9.17, 15) is 9.59 Å². The lowest BCUT2D eigenvalue weighted by Gasteiger charge is -2.10. The van der Waals surface area contributed by atoms with Crippen molar-refractivity contribution < 1.29 is 9.59 Å².